The van der Waals surface area contributed by atoms with Crippen LogP contribution in [0.5, 0.6) is 0 Å². The molecular weight excluding hydrogens is 326 g/mol. The minimum absolute atomic E-state index is 0.0281. The Morgan fingerprint density at radius 3 is 2.12 bits per heavy atom. The molecule has 0 aliphatic carbocycles. The van der Waals surface area contributed by atoms with Crippen LogP contribution in [0.3, 0.4) is 0 Å². The lowest BCUT2D eigenvalue weighted by molar-refractivity contribution is -0.996. The fourth-order valence-electron chi connectivity index (χ4n) is 2.41. The molecule has 5 N–H and O–H groups in total. The maximum absolute atomic E-state index is 12.1. The normalized spacial score (nSPS) is 13.3. The number of carbonyl (C=O) groups excluding carboxylic acids is 1. The monoisotopic (exact) mass is 347 g/mol. The van der Waals surface area contributed by atoms with E-state index in [1.807, 2.05) is 30.3 Å². The number of amides is 1. The summed E-state index contributed by atoms with van der Waals surface area (Å²) >= 11 is 0. The summed E-state index contributed by atoms with van der Waals surface area (Å²) in [7, 11) is 0. The van der Waals surface area contributed by atoms with E-state index in [1.54, 1.807) is 0 Å². The van der Waals surface area contributed by atoms with Gasteiger partial charge in [0.2, 0.25) is 0 Å². The Bertz CT molecular complexity index is 666. The Kier molecular flexibility index (Phi) is 7.02. The Balaban J connectivity index is 1.87. The van der Waals surface area contributed by atoms with Crippen molar-refractivity contribution in [2.24, 2.45) is 0 Å². The average Bonchev–Trinajstić information content (AvgIpc) is 2.61. The smallest absolute Gasteiger partial charge is 0.251 e. The van der Waals surface area contributed by atoms with Gasteiger partial charge < -0.3 is 15.7 Å². The first-order chi connectivity index (χ1) is 12.0. The minimum Gasteiger partial charge on any atom is -0.595 e. The summed E-state index contributed by atoms with van der Waals surface area (Å²) in [4.78, 5) is 12.1. The lowest BCUT2D eigenvalue weighted by atomic mass is 10.1. The quantitative estimate of drug-likeness (QED) is 0.346. The molecule has 0 fully saturated rings. The third kappa shape index (κ3) is 5.91. The predicted molar refractivity (Wildman–Crippen MR) is 89.7 cm³/mol. The molecule has 2 aromatic carbocycles. The second-order valence-electron chi connectivity index (χ2n) is 5.61. The van der Waals surface area contributed by atoms with Crippen LogP contribution in [0.25, 0.3) is 0 Å². The molecule has 0 aromatic heterocycles. The summed E-state index contributed by atoms with van der Waals surface area (Å²) in [6, 6.07) is 13.4. The van der Waals surface area contributed by atoms with Gasteiger partial charge >= 0.3 is 0 Å². The number of aryl methyl sites for hydroxylation is 1. The molecule has 2 aromatic rings. The van der Waals surface area contributed by atoms with Crippen molar-refractivity contribution in [3.8, 4) is 0 Å². The van der Waals surface area contributed by atoms with Crippen LogP contribution < -0.4 is 15.8 Å². The molecule has 0 saturated carbocycles. The largest absolute Gasteiger partial charge is 0.595 e. The molecule has 2 rings (SSSR count). The number of nitrogens with one attached hydrogen (secondary N) is 3. The van der Waals surface area contributed by atoms with Crippen LogP contribution in [0.4, 0.5) is 11.4 Å². The fourth-order valence-corrected chi connectivity index (χ4v) is 2.41. The van der Waals surface area contributed by atoms with Gasteiger partial charge in [-0.1, -0.05) is 30.3 Å². The van der Waals surface area contributed by atoms with E-state index in [4.69, 9.17) is 10.4 Å². The molecule has 0 saturated heterocycles. The molecule has 1 amide bonds. The SMILES string of the molecule is O=C(NCCCCc1ccccc1)c1cc([NH+]([O-])O)cc([NH+]([O-])O)c1. The van der Waals surface area contributed by atoms with E-state index < -0.39 is 16.4 Å². The Morgan fingerprint density at radius 1 is 0.960 bits per heavy atom. The predicted octanol–water partition coefficient (Wildman–Crippen LogP) is 0.246. The molecule has 2 unspecified atom stereocenters. The molecule has 2 atom stereocenters. The van der Waals surface area contributed by atoms with Gasteiger partial charge in [0.1, 0.15) is 0 Å². The second kappa shape index (κ2) is 9.23. The van der Waals surface area contributed by atoms with E-state index in [0.717, 1.165) is 25.3 Å². The number of hydrogen-bond donors (Lipinski definition) is 5. The van der Waals surface area contributed by atoms with Crippen LogP contribution in [-0.4, -0.2) is 22.9 Å². The molecule has 0 heterocycles. The van der Waals surface area contributed by atoms with Crippen molar-refractivity contribution >= 4 is 17.3 Å². The van der Waals surface area contributed by atoms with Gasteiger partial charge in [0.05, 0.1) is 11.6 Å². The summed E-state index contributed by atoms with van der Waals surface area (Å²) in [6.07, 6.45) is 2.58. The molecule has 25 heavy (non-hydrogen) atoms. The maximum atomic E-state index is 12.1. The Hall–Kier alpha value is -2.33. The zero-order chi connectivity index (χ0) is 18.2. The van der Waals surface area contributed by atoms with Gasteiger partial charge in [0, 0.05) is 18.7 Å². The highest BCUT2D eigenvalue weighted by atomic mass is 16.8. The van der Waals surface area contributed by atoms with Gasteiger partial charge in [0.25, 0.3) is 5.91 Å². The summed E-state index contributed by atoms with van der Waals surface area (Å²) < 4.78 is 0. The first-order valence-corrected chi connectivity index (χ1v) is 7.91. The number of hydrogen-bond acceptors (Lipinski definition) is 5. The molecule has 0 aliphatic heterocycles. The van der Waals surface area contributed by atoms with E-state index in [9.17, 15) is 15.2 Å². The van der Waals surface area contributed by atoms with Crippen LogP contribution in [0.2, 0.25) is 0 Å². The van der Waals surface area contributed by atoms with Gasteiger partial charge in [-0.25, -0.2) is 10.4 Å². The number of unbranched alkanes of at least 4 members (excludes halogenated alkanes) is 1. The van der Waals surface area contributed by atoms with Crippen molar-refractivity contribution in [3.05, 3.63) is 70.1 Å². The molecule has 8 heteroatoms. The van der Waals surface area contributed by atoms with Gasteiger partial charge in [-0.3, -0.25) is 4.79 Å². The van der Waals surface area contributed by atoms with Gasteiger partial charge in [0.15, 0.2) is 11.4 Å². The van der Waals surface area contributed by atoms with E-state index in [2.05, 4.69) is 5.32 Å². The molecule has 8 nitrogen and oxygen atoms in total. The van der Waals surface area contributed by atoms with Crippen LogP contribution in [0.1, 0.15) is 28.8 Å². The van der Waals surface area contributed by atoms with Crippen LogP contribution in [0.15, 0.2) is 48.5 Å². The topological polar surface area (TPSA) is 125 Å². The van der Waals surface area contributed by atoms with Crippen molar-refractivity contribution in [1.29, 1.82) is 0 Å². The minimum atomic E-state index is -1.28. The third-order valence-corrected chi connectivity index (χ3v) is 3.71. The fraction of sp³-hybridized carbons (Fsp3) is 0.235. The summed E-state index contributed by atoms with van der Waals surface area (Å²) in [5, 5.41) is 40.3. The Morgan fingerprint density at radius 2 is 1.56 bits per heavy atom. The maximum Gasteiger partial charge on any atom is 0.251 e. The standard InChI is InChI=1S/C17H21N3O5/c21-17(18-9-5-4-8-13-6-2-1-3-7-13)14-10-15(19(22)23)12-16(11-14)20(24)25/h1-3,6-7,10-12,19-20,22,24H,4-5,8-9H2,(H,18,21). The number of quaternary nitrogens is 2. The molecule has 0 bridgehead atoms. The first kappa shape index (κ1) is 19.0. The number of benzene rings is 2. The first-order valence-electron chi connectivity index (χ1n) is 7.91. The summed E-state index contributed by atoms with van der Waals surface area (Å²) in [5.41, 5.74) is 0.803. The van der Waals surface area contributed by atoms with Crippen LogP contribution in [0, 0.1) is 10.4 Å². The molecule has 0 radical (unpaired) electrons. The average molecular weight is 347 g/mol. The zero-order valence-electron chi connectivity index (χ0n) is 13.6. The van der Waals surface area contributed by atoms with Crippen molar-refractivity contribution in [3.63, 3.8) is 0 Å². The van der Waals surface area contributed by atoms with E-state index in [1.165, 1.54) is 17.7 Å². The zero-order valence-corrected chi connectivity index (χ0v) is 13.6. The van der Waals surface area contributed by atoms with Crippen LogP contribution >= 0.6 is 0 Å². The number of carbonyl (C=O) groups is 1. The Labute approximate surface area is 145 Å². The van der Waals surface area contributed by atoms with Gasteiger partial charge in [-0.2, -0.15) is 10.5 Å². The van der Waals surface area contributed by atoms with Gasteiger partial charge in [-0.05, 0) is 24.8 Å². The summed E-state index contributed by atoms with van der Waals surface area (Å²) in [6.45, 7) is 0.436. The highest BCUT2D eigenvalue weighted by Gasteiger charge is 2.15. The molecule has 134 valence electrons. The van der Waals surface area contributed by atoms with E-state index >= 15 is 0 Å². The summed E-state index contributed by atoms with van der Waals surface area (Å²) in [5.74, 6) is -0.481. The van der Waals surface area contributed by atoms with Crippen molar-refractivity contribution < 1.29 is 25.7 Å². The lowest BCUT2D eigenvalue weighted by Gasteiger charge is -2.17. The second-order valence-corrected chi connectivity index (χ2v) is 5.61. The lowest BCUT2D eigenvalue weighted by Crippen LogP contribution is -3.00. The van der Waals surface area contributed by atoms with Crippen LogP contribution in [-0.2, 0) is 6.42 Å². The van der Waals surface area contributed by atoms with Crippen molar-refractivity contribution in [2.75, 3.05) is 6.54 Å². The third-order valence-electron chi connectivity index (χ3n) is 3.71. The van der Waals surface area contributed by atoms with E-state index in [-0.39, 0.29) is 16.9 Å². The highest BCUT2D eigenvalue weighted by Crippen LogP contribution is 2.13. The highest BCUT2D eigenvalue weighted by molar-refractivity contribution is 5.95. The van der Waals surface area contributed by atoms with E-state index in [0.29, 0.717) is 6.54 Å². The van der Waals surface area contributed by atoms with Crippen molar-refractivity contribution in [2.45, 2.75) is 19.3 Å². The van der Waals surface area contributed by atoms with Crippen molar-refractivity contribution in [1.82, 2.24) is 5.32 Å². The molecule has 0 aliphatic rings. The number of rotatable bonds is 8. The molecular formula is C17H21N3O5. The van der Waals surface area contributed by atoms with Gasteiger partial charge in [-0.15, -0.1) is 0 Å². The molecule has 0 spiro atoms.